The normalized spacial score (nSPS) is 21.3. The number of hydrogen-bond donors (Lipinski definition) is 0. The van der Waals surface area contributed by atoms with Crippen molar-refractivity contribution in [3.63, 3.8) is 0 Å². The molecule has 1 saturated heterocycles. The summed E-state index contributed by atoms with van der Waals surface area (Å²) in [6.07, 6.45) is 2.37. The third kappa shape index (κ3) is 1.52. The molecule has 1 nitrogen and oxygen atoms in total. The van der Waals surface area contributed by atoms with E-state index in [1.807, 2.05) is 6.07 Å². The fraction of sp³-hybridized carbons (Fsp3) is 0.462. The highest BCUT2D eigenvalue weighted by atomic mass is 32.2. The number of carbonyl (C=O) groups excluding carboxylic acids is 1. The van der Waals surface area contributed by atoms with Gasteiger partial charge in [0.25, 0.3) is 0 Å². The summed E-state index contributed by atoms with van der Waals surface area (Å²) in [7, 11) is 0. The molecular formula is C13H14OS2. The quantitative estimate of drug-likeness (QED) is 0.710. The van der Waals surface area contributed by atoms with E-state index in [9.17, 15) is 4.79 Å². The van der Waals surface area contributed by atoms with E-state index in [1.54, 1.807) is 6.92 Å². The predicted molar refractivity (Wildman–Crippen MR) is 71.4 cm³/mol. The number of Topliss-reactive ketones (excluding diaryl/α,β-unsaturated/α-hetero) is 1. The molecule has 3 heteroatoms. The van der Waals surface area contributed by atoms with E-state index in [-0.39, 0.29) is 5.78 Å². The third-order valence-corrected chi connectivity index (χ3v) is 6.96. The van der Waals surface area contributed by atoms with Crippen LogP contribution in [0.25, 0.3) is 0 Å². The predicted octanol–water partition coefficient (Wildman–Crippen LogP) is 3.47. The molecule has 1 aliphatic carbocycles. The van der Waals surface area contributed by atoms with Gasteiger partial charge in [0.2, 0.25) is 0 Å². The molecule has 1 fully saturated rings. The molecule has 0 amide bonds. The number of thioether (sulfide) groups is 2. The minimum absolute atomic E-state index is 0.176. The number of fused-ring (bicyclic) bond motifs is 2. The first kappa shape index (κ1) is 10.7. The SMILES string of the molecule is CC(=O)c1ccc2c(c1)CCC21SCCS1. The second kappa shape index (κ2) is 3.81. The van der Waals surface area contributed by atoms with Gasteiger partial charge < -0.3 is 0 Å². The zero-order valence-corrected chi connectivity index (χ0v) is 10.9. The molecule has 0 aromatic heterocycles. The second-order valence-corrected chi connectivity index (χ2v) is 7.42. The van der Waals surface area contributed by atoms with Crippen molar-refractivity contribution in [2.75, 3.05) is 11.5 Å². The van der Waals surface area contributed by atoms with Crippen molar-refractivity contribution in [3.05, 3.63) is 34.9 Å². The van der Waals surface area contributed by atoms with Gasteiger partial charge in [-0.3, -0.25) is 4.79 Å². The van der Waals surface area contributed by atoms with E-state index in [0.29, 0.717) is 4.08 Å². The van der Waals surface area contributed by atoms with Gasteiger partial charge in [0.05, 0.1) is 4.08 Å². The van der Waals surface area contributed by atoms with E-state index in [1.165, 1.54) is 29.1 Å². The smallest absolute Gasteiger partial charge is 0.159 e. The Morgan fingerprint density at radius 3 is 2.75 bits per heavy atom. The molecule has 0 bridgehead atoms. The van der Waals surface area contributed by atoms with Crippen LogP contribution in [-0.2, 0) is 10.5 Å². The van der Waals surface area contributed by atoms with Gasteiger partial charge in [-0.1, -0.05) is 12.1 Å². The first-order chi connectivity index (χ1) is 7.71. The van der Waals surface area contributed by atoms with Gasteiger partial charge in [0, 0.05) is 17.1 Å². The van der Waals surface area contributed by atoms with Gasteiger partial charge in [0.1, 0.15) is 0 Å². The van der Waals surface area contributed by atoms with Crippen LogP contribution >= 0.6 is 23.5 Å². The Kier molecular flexibility index (Phi) is 2.55. The van der Waals surface area contributed by atoms with Crippen LogP contribution in [0.3, 0.4) is 0 Å². The van der Waals surface area contributed by atoms with Crippen molar-refractivity contribution in [2.24, 2.45) is 0 Å². The minimum atomic E-state index is 0.176. The second-order valence-electron chi connectivity index (χ2n) is 4.38. The van der Waals surface area contributed by atoms with E-state index < -0.39 is 0 Å². The van der Waals surface area contributed by atoms with Crippen LogP contribution in [-0.4, -0.2) is 17.3 Å². The van der Waals surface area contributed by atoms with Crippen molar-refractivity contribution in [3.8, 4) is 0 Å². The molecule has 2 aliphatic rings. The summed E-state index contributed by atoms with van der Waals surface area (Å²) >= 11 is 4.17. The Morgan fingerprint density at radius 2 is 2.06 bits per heavy atom. The van der Waals surface area contributed by atoms with Crippen LogP contribution in [0.4, 0.5) is 0 Å². The summed E-state index contributed by atoms with van der Waals surface area (Å²) in [5.41, 5.74) is 3.74. The van der Waals surface area contributed by atoms with E-state index in [0.717, 1.165) is 12.0 Å². The van der Waals surface area contributed by atoms with Crippen LogP contribution in [0.1, 0.15) is 34.8 Å². The molecule has 1 aromatic rings. The first-order valence-electron chi connectivity index (χ1n) is 5.63. The maximum absolute atomic E-state index is 11.3. The van der Waals surface area contributed by atoms with Crippen molar-refractivity contribution >= 4 is 29.3 Å². The summed E-state index contributed by atoms with van der Waals surface area (Å²) in [5, 5.41) is 0. The van der Waals surface area contributed by atoms with E-state index in [4.69, 9.17) is 0 Å². The molecule has 0 radical (unpaired) electrons. The maximum Gasteiger partial charge on any atom is 0.159 e. The van der Waals surface area contributed by atoms with Crippen LogP contribution in [0.2, 0.25) is 0 Å². The Morgan fingerprint density at radius 1 is 1.31 bits per heavy atom. The topological polar surface area (TPSA) is 17.1 Å². The molecule has 0 saturated carbocycles. The van der Waals surface area contributed by atoms with Crippen molar-refractivity contribution in [1.82, 2.24) is 0 Å². The van der Waals surface area contributed by atoms with Gasteiger partial charge in [-0.15, -0.1) is 23.5 Å². The van der Waals surface area contributed by atoms with E-state index >= 15 is 0 Å². The largest absolute Gasteiger partial charge is 0.295 e. The van der Waals surface area contributed by atoms with Crippen LogP contribution in [0, 0.1) is 0 Å². The van der Waals surface area contributed by atoms with E-state index in [2.05, 4.69) is 35.7 Å². The van der Waals surface area contributed by atoms with Crippen molar-refractivity contribution in [1.29, 1.82) is 0 Å². The van der Waals surface area contributed by atoms with Crippen LogP contribution in [0.15, 0.2) is 18.2 Å². The summed E-state index contributed by atoms with van der Waals surface area (Å²) in [5.74, 6) is 2.70. The highest BCUT2D eigenvalue weighted by molar-refractivity contribution is 8.20. The molecule has 1 aliphatic heterocycles. The van der Waals surface area contributed by atoms with Gasteiger partial charge in [0.15, 0.2) is 5.78 Å². The summed E-state index contributed by atoms with van der Waals surface area (Å²) in [6.45, 7) is 1.64. The number of carbonyl (C=O) groups is 1. The number of ketones is 1. The van der Waals surface area contributed by atoms with Gasteiger partial charge in [-0.05, 0) is 37.0 Å². The summed E-state index contributed by atoms with van der Waals surface area (Å²) in [4.78, 5) is 11.3. The van der Waals surface area contributed by atoms with Crippen LogP contribution < -0.4 is 0 Å². The number of hydrogen-bond acceptors (Lipinski definition) is 3. The summed E-state index contributed by atoms with van der Waals surface area (Å²) < 4.78 is 0.324. The number of rotatable bonds is 1. The molecule has 0 atom stereocenters. The molecule has 0 unspecified atom stereocenters. The lowest BCUT2D eigenvalue weighted by atomic mass is 10.0. The molecule has 1 heterocycles. The number of benzene rings is 1. The highest BCUT2D eigenvalue weighted by Gasteiger charge is 2.42. The van der Waals surface area contributed by atoms with Gasteiger partial charge in [-0.25, -0.2) is 0 Å². The average Bonchev–Trinajstić information content (AvgIpc) is 2.88. The van der Waals surface area contributed by atoms with Crippen LogP contribution in [0.5, 0.6) is 0 Å². The Hall–Kier alpha value is -0.410. The Balaban J connectivity index is 2.05. The van der Waals surface area contributed by atoms with Gasteiger partial charge in [-0.2, -0.15) is 0 Å². The highest BCUT2D eigenvalue weighted by Crippen LogP contribution is 2.58. The average molecular weight is 250 g/mol. The molecule has 1 spiro atoms. The van der Waals surface area contributed by atoms with Crippen molar-refractivity contribution < 1.29 is 4.79 Å². The molecular weight excluding hydrogens is 236 g/mol. The fourth-order valence-corrected chi connectivity index (χ4v) is 5.94. The monoisotopic (exact) mass is 250 g/mol. The standard InChI is InChI=1S/C13H14OS2/c1-9(14)10-2-3-12-11(8-10)4-5-13(12)15-6-7-16-13/h2-3,8H,4-7H2,1H3. The number of aryl methyl sites for hydroxylation is 1. The lowest BCUT2D eigenvalue weighted by molar-refractivity contribution is 0.101. The molecule has 1 aromatic carbocycles. The Bertz CT molecular complexity index is 447. The molecule has 3 rings (SSSR count). The lowest BCUT2D eigenvalue weighted by Crippen LogP contribution is -2.09. The van der Waals surface area contributed by atoms with Crippen molar-refractivity contribution in [2.45, 2.75) is 23.8 Å². The fourth-order valence-electron chi connectivity index (χ4n) is 2.58. The first-order valence-corrected chi connectivity index (χ1v) is 7.61. The zero-order chi connectivity index (χ0) is 11.2. The lowest BCUT2D eigenvalue weighted by Gasteiger charge is -2.22. The zero-order valence-electron chi connectivity index (χ0n) is 9.29. The molecule has 84 valence electrons. The third-order valence-electron chi connectivity index (χ3n) is 3.40. The molecule has 0 N–H and O–H groups in total. The maximum atomic E-state index is 11.3. The molecule has 16 heavy (non-hydrogen) atoms. The summed E-state index contributed by atoms with van der Waals surface area (Å²) in [6, 6.07) is 6.28. The Labute approximate surface area is 104 Å². The van der Waals surface area contributed by atoms with Gasteiger partial charge >= 0.3 is 0 Å². The minimum Gasteiger partial charge on any atom is -0.295 e.